The fourth-order valence-corrected chi connectivity index (χ4v) is 8.94. The van der Waals surface area contributed by atoms with Crippen molar-refractivity contribution in [3.8, 4) is 0 Å². The van der Waals surface area contributed by atoms with Gasteiger partial charge < -0.3 is 15.0 Å². The van der Waals surface area contributed by atoms with E-state index in [1.807, 2.05) is 20.8 Å². The van der Waals surface area contributed by atoms with Gasteiger partial charge in [0.25, 0.3) is 11.6 Å². The number of sulfonamides is 1. The summed E-state index contributed by atoms with van der Waals surface area (Å²) in [7, 11) is -3.18. The van der Waals surface area contributed by atoms with E-state index in [9.17, 15) is 32.9 Å². The Morgan fingerprint density at radius 2 is 1.64 bits per heavy atom. The summed E-state index contributed by atoms with van der Waals surface area (Å²) in [5.41, 5.74) is 1.20. The Hall–Kier alpha value is -3.79. The molecule has 3 amide bonds. The summed E-state index contributed by atoms with van der Waals surface area (Å²) in [5, 5.41) is 17.8. The molecule has 304 valence electrons. The lowest BCUT2D eigenvalue weighted by atomic mass is 9.63. The summed E-state index contributed by atoms with van der Waals surface area (Å²) >= 11 is 6.10. The van der Waals surface area contributed by atoms with E-state index >= 15 is 0 Å². The number of para-hydroxylation sites is 1. The molecule has 1 saturated heterocycles. The predicted molar refractivity (Wildman–Crippen MR) is 211 cm³/mol. The molecule has 1 saturated carbocycles. The molecule has 1 heterocycles. The molecule has 0 unspecified atom stereocenters. The number of ether oxygens (including phenoxy) is 1. The van der Waals surface area contributed by atoms with Gasteiger partial charge in [-0.05, 0) is 110 Å². The Labute approximate surface area is 330 Å². The van der Waals surface area contributed by atoms with Gasteiger partial charge in [0.1, 0.15) is 11.6 Å². The van der Waals surface area contributed by atoms with Gasteiger partial charge in [-0.3, -0.25) is 25.1 Å². The number of carbonyl (C=O) groups excluding carboxylic acids is 3. The number of hydrogen-bond acceptors (Lipinski definition) is 9. The number of nitrogens with one attached hydrogen (secondary N) is 3. The number of likely N-dealkylation sites (N-methyl/N-ethyl adjacent to an activating group) is 1. The third-order valence-corrected chi connectivity index (χ3v) is 11.9. The second-order valence-electron chi connectivity index (χ2n) is 16.8. The molecular formula is C39H57ClN6O8S. The summed E-state index contributed by atoms with van der Waals surface area (Å²) in [6.07, 6.45) is 5.56. The number of nitro benzene ring substituents is 1. The lowest BCUT2D eigenvalue weighted by Gasteiger charge is -2.47. The molecule has 1 atom stereocenters. The van der Waals surface area contributed by atoms with Gasteiger partial charge in [0.2, 0.25) is 15.9 Å². The maximum Gasteiger partial charge on any atom is 0.410 e. The van der Waals surface area contributed by atoms with Gasteiger partial charge in [-0.1, -0.05) is 55.1 Å². The van der Waals surface area contributed by atoms with Crippen molar-refractivity contribution in [1.82, 2.24) is 25.4 Å². The average Bonchev–Trinajstić information content (AvgIpc) is 3.10. The molecule has 1 aliphatic carbocycles. The topological polar surface area (TPSA) is 180 Å². The van der Waals surface area contributed by atoms with E-state index in [0.717, 1.165) is 38.2 Å². The minimum Gasteiger partial charge on any atom is -0.444 e. The van der Waals surface area contributed by atoms with Crippen molar-refractivity contribution in [2.45, 2.75) is 121 Å². The fraction of sp³-hybridized carbons (Fsp3) is 0.615. The Balaban J connectivity index is 1.56. The first-order valence-corrected chi connectivity index (χ1v) is 20.8. The second-order valence-corrected chi connectivity index (χ2v) is 19.0. The highest BCUT2D eigenvalue weighted by Gasteiger charge is 2.48. The lowest BCUT2D eigenvalue weighted by Crippen LogP contribution is -2.60. The van der Waals surface area contributed by atoms with Crippen molar-refractivity contribution in [3.05, 3.63) is 68.7 Å². The largest absolute Gasteiger partial charge is 0.444 e. The zero-order valence-electron chi connectivity index (χ0n) is 33.1. The second kappa shape index (κ2) is 18.0. The average molecular weight is 805 g/mol. The van der Waals surface area contributed by atoms with Crippen LogP contribution in [0.25, 0.3) is 0 Å². The Morgan fingerprint density at radius 1 is 1.02 bits per heavy atom. The first-order chi connectivity index (χ1) is 25.6. The summed E-state index contributed by atoms with van der Waals surface area (Å²) in [4.78, 5) is 52.7. The number of carbonyl (C=O) groups is 3. The van der Waals surface area contributed by atoms with Crippen molar-refractivity contribution >= 4 is 45.2 Å². The number of amides is 3. The lowest BCUT2D eigenvalue weighted by molar-refractivity contribution is -0.388. The molecule has 16 heteroatoms. The fourth-order valence-electron chi connectivity index (χ4n) is 7.40. The minimum atomic E-state index is -4.67. The van der Waals surface area contributed by atoms with Crippen LogP contribution in [-0.4, -0.2) is 85.0 Å². The van der Waals surface area contributed by atoms with Crippen molar-refractivity contribution in [2.24, 2.45) is 11.3 Å². The molecule has 2 aromatic rings. The van der Waals surface area contributed by atoms with Crippen LogP contribution in [0, 0.1) is 21.4 Å². The van der Waals surface area contributed by atoms with Crippen LogP contribution in [0.3, 0.4) is 0 Å². The van der Waals surface area contributed by atoms with E-state index in [1.54, 1.807) is 50.0 Å². The Bertz CT molecular complexity index is 1800. The van der Waals surface area contributed by atoms with Crippen LogP contribution in [-0.2, 0) is 37.2 Å². The van der Waals surface area contributed by atoms with E-state index in [-0.39, 0.29) is 36.8 Å². The number of hydrogen-bond donors (Lipinski definition) is 3. The SMILES string of the molecule is CN(CCc1cccc(S(=O)(=O)N[C@H](Cc2ccc(Cl)cc2)C(=O)NN2CCC(C(=O)NC(C)(C)C)(C3CCCCC3)CC2)c1[N+](=O)[O-])C(=O)OC(C)(C)C. The predicted octanol–water partition coefficient (Wildman–Crippen LogP) is 6.16. The van der Waals surface area contributed by atoms with Gasteiger partial charge in [0, 0.05) is 42.8 Å². The summed E-state index contributed by atoms with van der Waals surface area (Å²) in [5.74, 6) is -0.387. The molecular weight excluding hydrogens is 748 g/mol. The number of nitro groups is 1. The Morgan fingerprint density at radius 3 is 2.20 bits per heavy atom. The van der Waals surface area contributed by atoms with Crippen molar-refractivity contribution < 1.29 is 32.5 Å². The van der Waals surface area contributed by atoms with Gasteiger partial charge >= 0.3 is 6.09 Å². The van der Waals surface area contributed by atoms with Crippen molar-refractivity contribution in [2.75, 3.05) is 26.7 Å². The molecule has 2 aliphatic rings. The number of halogens is 1. The van der Waals surface area contributed by atoms with Crippen LogP contribution < -0.4 is 15.5 Å². The molecule has 14 nitrogen and oxygen atoms in total. The highest BCUT2D eigenvalue weighted by molar-refractivity contribution is 7.89. The maximum atomic E-state index is 14.1. The van der Waals surface area contributed by atoms with Crippen LogP contribution in [0.15, 0.2) is 47.4 Å². The van der Waals surface area contributed by atoms with Crippen molar-refractivity contribution in [3.63, 3.8) is 0 Å². The highest BCUT2D eigenvalue weighted by atomic mass is 35.5. The van der Waals surface area contributed by atoms with E-state index in [0.29, 0.717) is 36.5 Å². The Kier molecular flexibility index (Phi) is 14.4. The van der Waals surface area contributed by atoms with Gasteiger partial charge in [-0.25, -0.2) is 18.2 Å². The standard InChI is InChI=1S/C39H57ClN6O8S/c1-37(2,3)41-35(48)39(29-13-9-8-10-14-29)21-24-45(25-22-39)42-34(47)31(26-27-16-18-30(40)19-17-27)43-55(52,53)32-15-11-12-28(33(32)46(50)51)20-23-44(7)36(49)54-38(4,5)6/h11-12,15-19,29,31,43H,8-10,13-14,20-26H2,1-7H3,(H,41,48)(H,42,47)/t31-/m1/s1. The number of rotatable bonds is 13. The first-order valence-electron chi connectivity index (χ1n) is 19.0. The molecule has 1 aliphatic heterocycles. The van der Waals surface area contributed by atoms with Crippen LogP contribution in [0.2, 0.25) is 5.02 Å². The zero-order valence-corrected chi connectivity index (χ0v) is 34.6. The van der Waals surface area contributed by atoms with Gasteiger partial charge in [-0.15, -0.1) is 0 Å². The van der Waals surface area contributed by atoms with Gasteiger partial charge in [-0.2, -0.15) is 4.72 Å². The molecule has 0 aromatic heterocycles. The molecule has 0 radical (unpaired) electrons. The quantitative estimate of drug-likeness (QED) is 0.158. The summed E-state index contributed by atoms with van der Waals surface area (Å²) in [6, 6.07) is 9.17. The van der Waals surface area contributed by atoms with E-state index in [1.165, 1.54) is 24.1 Å². The number of hydrazine groups is 1. The molecule has 0 bridgehead atoms. The van der Waals surface area contributed by atoms with E-state index in [2.05, 4.69) is 15.5 Å². The van der Waals surface area contributed by atoms with Crippen LogP contribution >= 0.6 is 11.6 Å². The van der Waals surface area contributed by atoms with E-state index in [4.69, 9.17) is 16.3 Å². The zero-order chi connectivity index (χ0) is 40.8. The van der Waals surface area contributed by atoms with Gasteiger partial charge in [0.05, 0.1) is 10.3 Å². The summed E-state index contributed by atoms with van der Waals surface area (Å²) < 4.78 is 35.9. The minimum absolute atomic E-state index is 0.0179. The molecule has 3 N–H and O–H groups in total. The molecule has 2 aromatic carbocycles. The maximum absolute atomic E-state index is 14.1. The highest BCUT2D eigenvalue weighted by Crippen LogP contribution is 2.46. The van der Waals surface area contributed by atoms with Crippen molar-refractivity contribution in [1.29, 1.82) is 0 Å². The smallest absolute Gasteiger partial charge is 0.410 e. The monoisotopic (exact) mass is 804 g/mol. The first kappa shape index (κ1) is 43.9. The molecule has 55 heavy (non-hydrogen) atoms. The van der Waals surface area contributed by atoms with Crippen LogP contribution in [0.1, 0.15) is 97.6 Å². The normalized spacial score (nSPS) is 17.5. The molecule has 4 rings (SSSR count). The third-order valence-electron chi connectivity index (χ3n) is 10.2. The van der Waals surface area contributed by atoms with Crippen LogP contribution in [0.5, 0.6) is 0 Å². The van der Waals surface area contributed by atoms with E-state index < -0.39 is 60.1 Å². The number of benzene rings is 2. The number of nitrogens with zero attached hydrogens (tertiary/aromatic N) is 3. The third kappa shape index (κ3) is 12.1. The van der Waals surface area contributed by atoms with Crippen LogP contribution in [0.4, 0.5) is 10.5 Å². The molecule has 0 spiro atoms. The van der Waals surface area contributed by atoms with Gasteiger partial charge in [0.15, 0.2) is 4.90 Å². The molecule has 2 fully saturated rings. The summed E-state index contributed by atoms with van der Waals surface area (Å²) in [6.45, 7) is 11.8. The number of piperidine rings is 1.